The van der Waals surface area contributed by atoms with Crippen LogP contribution < -0.4 is 0 Å². The fraction of sp³-hybridized carbons (Fsp3) is 0.393. The van der Waals surface area contributed by atoms with E-state index in [0.29, 0.717) is 24.3 Å². The van der Waals surface area contributed by atoms with Crippen LogP contribution in [0.4, 0.5) is 0 Å². The van der Waals surface area contributed by atoms with E-state index in [2.05, 4.69) is 62.2 Å². The zero-order chi connectivity index (χ0) is 25.3. The van der Waals surface area contributed by atoms with Gasteiger partial charge in [0.2, 0.25) is 0 Å². The Bertz CT molecular complexity index is 1330. The highest BCUT2D eigenvalue weighted by Gasteiger charge is 2.23. The van der Waals surface area contributed by atoms with Crippen molar-refractivity contribution in [3.63, 3.8) is 0 Å². The minimum absolute atomic E-state index is 0.0281. The summed E-state index contributed by atoms with van der Waals surface area (Å²) in [5.74, 6) is 1.57. The number of hydrogen-bond donors (Lipinski definition) is 0. The molecule has 0 spiro atoms. The van der Waals surface area contributed by atoms with Crippen molar-refractivity contribution in [1.82, 2.24) is 24.6 Å². The Kier molecular flexibility index (Phi) is 7.08. The number of aromatic nitrogens is 3. The summed E-state index contributed by atoms with van der Waals surface area (Å²) in [7, 11) is 4.12. The maximum absolute atomic E-state index is 13.9. The molecule has 35 heavy (non-hydrogen) atoms. The first-order valence-corrected chi connectivity index (χ1v) is 12.1. The van der Waals surface area contributed by atoms with Crippen molar-refractivity contribution in [3.8, 4) is 11.3 Å². The van der Waals surface area contributed by atoms with Gasteiger partial charge in [0.05, 0.1) is 22.8 Å². The molecule has 1 amide bonds. The average Bonchev–Trinajstić information content (AvgIpc) is 3.39. The van der Waals surface area contributed by atoms with Crippen molar-refractivity contribution in [3.05, 3.63) is 70.8 Å². The largest absolute Gasteiger partial charge is 0.466 e. The topological polar surface area (TPSA) is 67.4 Å². The molecule has 4 rings (SSSR count). The Morgan fingerprint density at radius 2 is 1.71 bits per heavy atom. The van der Waals surface area contributed by atoms with Gasteiger partial charge in [-0.2, -0.15) is 5.10 Å². The third kappa shape index (κ3) is 5.15. The molecule has 0 saturated heterocycles. The number of nitrogens with zero attached hydrogens (tertiary/aromatic N) is 5. The number of carbonyl (C=O) groups excluding carboxylic acids is 1. The molecule has 184 valence electrons. The van der Waals surface area contributed by atoms with Gasteiger partial charge in [0.15, 0.2) is 5.65 Å². The van der Waals surface area contributed by atoms with Gasteiger partial charge in [0.25, 0.3) is 5.91 Å². The quantitative estimate of drug-likeness (QED) is 0.333. The first-order valence-electron chi connectivity index (χ1n) is 12.1. The molecule has 4 aromatic rings. The van der Waals surface area contributed by atoms with Crippen LogP contribution in [0.5, 0.6) is 0 Å². The van der Waals surface area contributed by atoms with Crippen molar-refractivity contribution in [2.75, 3.05) is 20.6 Å². The van der Waals surface area contributed by atoms with Gasteiger partial charge in [0.1, 0.15) is 11.5 Å². The molecular weight excluding hydrogens is 438 g/mol. The Hall–Kier alpha value is -3.45. The molecule has 0 radical (unpaired) electrons. The van der Waals surface area contributed by atoms with E-state index < -0.39 is 0 Å². The van der Waals surface area contributed by atoms with Gasteiger partial charge in [-0.05, 0) is 72.0 Å². The van der Waals surface area contributed by atoms with Crippen LogP contribution in [0, 0.1) is 13.8 Å². The van der Waals surface area contributed by atoms with Gasteiger partial charge < -0.3 is 14.2 Å². The summed E-state index contributed by atoms with van der Waals surface area (Å²) in [6.45, 7) is 12.0. The second kappa shape index (κ2) is 10.0. The van der Waals surface area contributed by atoms with E-state index in [1.807, 2.05) is 42.5 Å². The molecule has 0 fully saturated rings. The number of amides is 1. The van der Waals surface area contributed by atoms with Gasteiger partial charge in [-0.25, -0.2) is 9.67 Å². The smallest absolute Gasteiger partial charge is 0.255 e. The summed E-state index contributed by atoms with van der Waals surface area (Å²) in [6, 6.07) is 12.5. The maximum atomic E-state index is 13.9. The molecule has 7 nitrogen and oxygen atoms in total. The van der Waals surface area contributed by atoms with Gasteiger partial charge >= 0.3 is 0 Å². The lowest BCUT2D eigenvalue weighted by molar-refractivity contribution is 0.0754. The fourth-order valence-electron chi connectivity index (χ4n) is 4.43. The highest BCUT2D eigenvalue weighted by molar-refractivity contribution is 6.06. The van der Waals surface area contributed by atoms with Gasteiger partial charge in [-0.15, -0.1) is 0 Å². The lowest BCUT2D eigenvalue weighted by Gasteiger charge is -2.22. The third-order valence-corrected chi connectivity index (χ3v) is 6.17. The van der Waals surface area contributed by atoms with E-state index in [1.54, 1.807) is 6.20 Å². The predicted molar refractivity (Wildman–Crippen MR) is 139 cm³/mol. The lowest BCUT2D eigenvalue weighted by Crippen LogP contribution is -2.30. The monoisotopic (exact) mass is 473 g/mol. The molecule has 0 saturated carbocycles. The molecule has 0 aliphatic rings. The number of furan rings is 1. The first-order chi connectivity index (χ1) is 16.7. The summed E-state index contributed by atoms with van der Waals surface area (Å²) in [5, 5.41) is 5.33. The van der Waals surface area contributed by atoms with E-state index in [4.69, 9.17) is 9.40 Å². The number of pyridine rings is 1. The predicted octanol–water partition coefficient (Wildman–Crippen LogP) is 5.61. The zero-order valence-electron chi connectivity index (χ0n) is 21.8. The fourth-order valence-corrected chi connectivity index (χ4v) is 4.43. The molecule has 3 heterocycles. The van der Waals surface area contributed by atoms with Crippen LogP contribution in [-0.2, 0) is 13.1 Å². The van der Waals surface area contributed by atoms with E-state index in [9.17, 15) is 4.79 Å². The molecule has 3 aromatic heterocycles. The molecule has 0 atom stereocenters. The minimum Gasteiger partial charge on any atom is -0.466 e. The Labute approximate surface area is 207 Å². The number of rotatable bonds is 8. The van der Waals surface area contributed by atoms with Crippen LogP contribution >= 0.6 is 0 Å². The molecule has 0 aliphatic carbocycles. The van der Waals surface area contributed by atoms with Gasteiger partial charge in [-0.1, -0.05) is 24.3 Å². The second-order valence-electron chi connectivity index (χ2n) is 9.68. The zero-order valence-corrected chi connectivity index (χ0v) is 21.8. The normalized spacial score (nSPS) is 11.7. The first kappa shape index (κ1) is 24.7. The molecule has 0 bridgehead atoms. The molecular formula is C28H35N5O2. The Balaban J connectivity index is 1.73. The number of aryl methyl sites for hydroxylation is 2. The lowest BCUT2D eigenvalue weighted by atomic mass is 10.1. The standard InChI is InChI=1S/C28H35N5O2/c1-8-32(17-22-11-9-21(10-12-22)16-31(6)7)28(34)24-14-26(23-13-19(4)35-20(23)5)30-27-25(24)15-29-33(27)18(2)3/h9-15,18H,8,16-17H2,1-7H3. The SMILES string of the molecule is CCN(Cc1ccc(CN(C)C)cc1)C(=O)c1cc(-c2cc(C)oc2C)nc2c1cnn2C(C)C. The Morgan fingerprint density at radius 1 is 1.06 bits per heavy atom. The van der Waals surface area contributed by atoms with Crippen molar-refractivity contribution < 1.29 is 9.21 Å². The summed E-state index contributed by atoms with van der Waals surface area (Å²) in [4.78, 5) is 22.8. The summed E-state index contributed by atoms with van der Waals surface area (Å²) in [5.41, 5.74) is 5.30. The average molecular weight is 474 g/mol. The van der Waals surface area contributed by atoms with Crippen molar-refractivity contribution in [1.29, 1.82) is 0 Å². The summed E-state index contributed by atoms with van der Waals surface area (Å²) < 4.78 is 7.63. The van der Waals surface area contributed by atoms with Crippen molar-refractivity contribution in [2.24, 2.45) is 0 Å². The molecule has 1 aromatic carbocycles. The number of fused-ring (bicyclic) bond motifs is 1. The number of carbonyl (C=O) groups is 1. The highest BCUT2D eigenvalue weighted by atomic mass is 16.3. The van der Waals surface area contributed by atoms with E-state index in [0.717, 1.165) is 40.3 Å². The van der Waals surface area contributed by atoms with Crippen LogP contribution in [0.2, 0.25) is 0 Å². The van der Waals surface area contributed by atoms with Crippen LogP contribution in [0.1, 0.15) is 59.8 Å². The maximum Gasteiger partial charge on any atom is 0.255 e. The van der Waals surface area contributed by atoms with Crippen LogP contribution in [0.25, 0.3) is 22.3 Å². The number of hydrogen-bond acceptors (Lipinski definition) is 5. The van der Waals surface area contributed by atoms with Gasteiger partial charge in [0, 0.05) is 31.2 Å². The van der Waals surface area contributed by atoms with Crippen LogP contribution in [-0.4, -0.2) is 51.1 Å². The summed E-state index contributed by atoms with van der Waals surface area (Å²) in [6.07, 6.45) is 1.76. The molecule has 0 unspecified atom stereocenters. The minimum atomic E-state index is -0.0281. The van der Waals surface area contributed by atoms with E-state index in [-0.39, 0.29) is 11.9 Å². The highest BCUT2D eigenvalue weighted by Crippen LogP contribution is 2.31. The second-order valence-corrected chi connectivity index (χ2v) is 9.68. The summed E-state index contributed by atoms with van der Waals surface area (Å²) >= 11 is 0. The molecule has 0 aliphatic heterocycles. The van der Waals surface area contributed by atoms with E-state index >= 15 is 0 Å². The van der Waals surface area contributed by atoms with Crippen LogP contribution in [0.3, 0.4) is 0 Å². The van der Waals surface area contributed by atoms with Gasteiger partial charge in [-0.3, -0.25) is 4.79 Å². The molecule has 7 heteroatoms. The van der Waals surface area contributed by atoms with Crippen LogP contribution in [0.15, 0.2) is 47.0 Å². The Morgan fingerprint density at radius 3 is 2.26 bits per heavy atom. The van der Waals surface area contributed by atoms with Crippen molar-refractivity contribution in [2.45, 2.75) is 53.8 Å². The third-order valence-electron chi connectivity index (χ3n) is 6.17. The van der Waals surface area contributed by atoms with Crippen molar-refractivity contribution >= 4 is 16.9 Å². The number of benzene rings is 1. The van der Waals surface area contributed by atoms with E-state index in [1.165, 1.54) is 5.56 Å². The molecule has 0 N–H and O–H groups in total.